The smallest absolute Gasteiger partial charge is 0.416 e. The topological polar surface area (TPSA) is 37.3 Å². The largest absolute Gasteiger partial charge is 0.481 e. The molecule has 0 amide bonds. The molecule has 0 aliphatic carbocycles. The number of halogens is 3. The summed E-state index contributed by atoms with van der Waals surface area (Å²) in [6, 6.07) is 3.19. The molecule has 0 aliphatic rings. The molecule has 0 bridgehead atoms. The van der Waals surface area contributed by atoms with Gasteiger partial charge in [0.05, 0.1) is 11.5 Å². The summed E-state index contributed by atoms with van der Waals surface area (Å²) in [4.78, 5) is 11.2. The molecule has 0 aliphatic heterocycles. The van der Waals surface area contributed by atoms with Gasteiger partial charge in [-0.3, -0.25) is 4.79 Å². The van der Waals surface area contributed by atoms with Crippen molar-refractivity contribution in [1.29, 1.82) is 0 Å². The fraction of sp³-hybridized carbons (Fsp3) is 0.462. The lowest BCUT2D eigenvalue weighted by Gasteiger charge is -2.20. The fourth-order valence-electron chi connectivity index (χ4n) is 1.98. The second-order valence-electron chi connectivity index (χ2n) is 4.63. The number of aliphatic carboxylic acids is 1. The summed E-state index contributed by atoms with van der Waals surface area (Å²) < 4.78 is 37.5. The molecular formula is C13H15F3O2. The molecule has 1 atom stereocenters. The van der Waals surface area contributed by atoms with Gasteiger partial charge < -0.3 is 5.11 Å². The van der Waals surface area contributed by atoms with Gasteiger partial charge in [0.1, 0.15) is 0 Å². The summed E-state index contributed by atoms with van der Waals surface area (Å²) in [6.45, 7) is 4.97. The number of hydrogen-bond acceptors (Lipinski definition) is 1. The zero-order chi connectivity index (χ0) is 14.1. The maximum absolute atomic E-state index is 12.5. The zero-order valence-corrected chi connectivity index (χ0v) is 10.4. The van der Waals surface area contributed by atoms with Crippen molar-refractivity contribution in [3.8, 4) is 0 Å². The minimum Gasteiger partial charge on any atom is -0.481 e. The van der Waals surface area contributed by atoms with Crippen LogP contribution in [0.25, 0.3) is 0 Å². The highest BCUT2D eigenvalue weighted by Crippen LogP contribution is 2.33. The first-order chi connectivity index (χ1) is 8.14. The van der Waals surface area contributed by atoms with Crippen molar-refractivity contribution in [1.82, 2.24) is 0 Å². The molecule has 18 heavy (non-hydrogen) atoms. The Bertz CT molecular complexity index is 450. The fourth-order valence-corrected chi connectivity index (χ4v) is 1.98. The Labute approximate surface area is 103 Å². The third kappa shape index (κ3) is 3.03. The molecule has 0 radical (unpaired) electrons. The first-order valence-corrected chi connectivity index (χ1v) is 5.55. The van der Waals surface area contributed by atoms with E-state index in [0.717, 1.165) is 12.1 Å². The second-order valence-corrected chi connectivity index (χ2v) is 4.63. The van der Waals surface area contributed by atoms with E-state index in [-0.39, 0.29) is 5.92 Å². The van der Waals surface area contributed by atoms with Crippen LogP contribution in [0.2, 0.25) is 0 Å². The van der Waals surface area contributed by atoms with E-state index in [1.807, 2.05) is 0 Å². The van der Waals surface area contributed by atoms with E-state index in [1.54, 1.807) is 13.8 Å². The molecule has 0 heterocycles. The molecule has 1 unspecified atom stereocenters. The van der Waals surface area contributed by atoms with Crippen LogP contribution < -0.4 is 0 Å². The average molecular weight is 260 g/mol. The number of rotatable bonds is 3. The molecule has 5 heteroatoms. The minimum absolute atomic E-state index is 0.182. The van der Waals surface area contributed by atoms with Crippen LogP contribution in [0.15, 0.2) is 18.2 Å². The van der Waals surface area contributed by atoms with Crippen LogP contribution in [0.5, 0.6) is 0 Å². The Morgan fingerprint density at radius 3 is 2.17 bits per heavy atom. The van der Waals surface area contributed by atoms with Gasteiger partial charge in [0.25, 0.3) is 0 Å². The van der Waals surface area contributed by atoms with Gasteiger partial charge in [0.2, 0.25) is 0 Å². The quantitative estimate of drug-likeness (QED) is 0.896. The Hall–Kier alpha value is -1.52. The van der Waals surface area contributed by atoms with Crippen molar-refractivity contribution in [2.24, 2.45) is 5.92 Å². The third-order valence-electron chi connectivity index (χ3n) is 2.86. The van der Waals surface area contributed by atoms with Gasteiger partial charge >= 0.3 is 12.1 Å². The maximum atomic E-state index is 12.5. The molecule has 1 rings (SSSR count). The Morgan fingerprint density at radius 1 is 1.28 bits per heavy atom. The van der Waals surface area contributed by atoms with Gasteiger partial charge in [0, 0.05) is 0 Å². The summed E-state index contributed by atoms with van der Waals surface area (Å²) in [5, 5.41) is 9.13. The van der Waals surface area contributed by atoms with Crippen LogP contribution in [0, 0.1) is 12.8 Å². The van der Waals surface area contributed by atoms with Crippen molar-refractivity contribution < 1.29 is 23.1 Å². The number of carboxylic acid groups (broad SMARTS) is 1. The predicted molar refractivity (Wildman–Crippen MR) is 61.4 cm³/mol. The molecule has 0 aromatic heterocycles. The maximum Gasteiger partial charge on any atom is 0.416 e. The number of benzene rings is 1. The van der Waals surface area contributed by atoms with Gasteiger partial charge in [-0.2, -0.15) is 13.2 Å². The van der Waals surface area contributed by atoms with Crippen LogP contribution >= 0.6 is 0 Å². The molecule has 2 nitrogen and oxygen atoms in total. The molecule has 1 aromatic rings. The number of carbonyl (C=O) groups is 1. The normalized spacial score (nSPS) is 13.7. The lowest BCUT2D eigenvalue weighted by Crippen LogP contribution is -2.19. The standard InChI is InChI=1S/C13H15F3O2/c1-7(2)11(12(17)18)10-5-4-9(6-8(10)3)13(14,15)16/h4-7,11H,1-3H3,(H,17,18). The predicted octanol–water partition coefficient (Wildman–Crippen LogP) is 3.84. The summed E-state index contributed by atoms with van der Waals surface area (Å²) in [5.74, 6) is -1.99. The van der Waals surface area contributed by atoms with E-state index in [2.05, 4.69) is 0 Å². The van der Waals surface area contributed by atoms with E-state index in [0.29, 0.717) is 11.1 Å². The molecule has 1 aromatic carbocycles. The van der Waals surface area contributed by atoms with Crippen LogP contribution in [-0.4, -0.2) is 11.1 Å². The van der Waals surface area contributed by atoms with Gasteiger partial charge in [0.15, 0.2) is 0 Å². The summed E-state index contributed by atoms with van der Waals surface area (Å²) in [5.41, 5.74) is 0.0352. The highest BCUT2D eigenvalue weighted by Gasteiger charge is 2.32. The molecule has 0 spiro atoms. The van der Waals surface area contributed by atoms with Crippen molar-refractivity contribution in [2.45, 2.75) is 32.9 Å². The van der Waals surface area contributed by atoms with Gasteiger partial charge in [-0.1, -0.05) is 19.9 Å². The third-order valence-corrected chi connectivity index (χ3v) is 2.86. The average Bonchev–Trinajstić information content (AvgIpc) is 2.18. The van der Waals surface area contributed by atoms with Crippen molar-refractivity contribution in [3.05, 3.63) is 34.9 Å². The Balaban J connectivity index is 3.24. The molecule has 1 N–H and O–H groups in total. The number of hydrogen-bond donors (Lipinski definition) is 1. The molecule has 0 saturated carbocycles. The summed E-state index contributed by atoms with van der Waals surface area (Å²) in [6.07, 6.45) is -4.40. The summed E-state index contributed by atoms with van der Waals surface area (Å²) >= 11 is 0. The Morgan fingerprint density at radius 2 is 1.83 bits per heavy atom. The highest BCUT2D eigenvalue weighted by molar-refractivity contribution is 5.77. The van der Waals surface area contributed by atoms with Crippen molar-refractivity contribution in [3.63, 3.8) is 0 Å². The first kappa shape index (κ1) is 14.5. The van der Waals surface area contributed by atoms with Crippen molar-refractivity contribution in [2.75, 3.05) is 0 Å². The molecule has 0 saturated heterocycles. The Kier molecular flexibility index (Phi) is 4.04. The van der Waals surface area contributed by atoms with Crippen LogP contribution in [0.3, 0.4) is 0 Å². The van der Waals surface area contributed by atoms with E-state index >= 15 is 0 Å². The van der Waals surface area contributed by atoms with Crippen molar-refractivity contribution >= 4 is 5.97 Å². The highest BCUT2D eigenvalue weighted by atomic mass is 19.4. The molecular weight excluding hydrogens is 245 g/mol. The van der Waals surface area contributed by atoms with Gasteiger partial charge in [-0.25, -0.2) is 0 Å². The lowest BCUT2D eigenvalue weighted by molar-refractivity contribution is -0.139. The van der Waals surface area contributed by atoms with E-state index < -0.39 is 23.6 Å². The van der Waals surface area contributed by atoms with Gasteiger partial charge in [-0.05, 0) is 36.1 Å². The van der Waals surface area contributed by atoms with E-state index in [4.69, 9.17) is 5.11 Å². The number of alkyl halides is 3. The van der Waals surface area contributed by atoms with E-state index in [9.17, 15) is 18.0 Å². The zero-order valence-electron chi connectivity index (χ0n) is 10.4. The number of aryl methyl sites for hydroxylation is 1. The van der Waals surface area contributed by atoms with E-state index in [1.165, 1.54) is 13.0 Å². The summed E-state index contributed by atoms with van der Waals surface area (Å²) in [7, 11) is 0. The minimum atomic E-state index is -4.40. The second kappa shape index (κ2) is 5.00. The molecule has 0 fully saturated rings. The van der Waals surface area contributed by atoms with Gasteiger partial charge in [-0.15, -0.1) is 0 Å². The lowest BCUT2D eigenvalue weighted by atomic mass is 9.85. The van der Waals surface area contributed by atoms with Crippen LogP contribution in [0.1, 0.15) is 36.5 Å². The number of carboxylic acids is 1. The molecule has 100 valence electrons. The van der Waals surface area contributed by atoms with Crippen LogP contribution in [0.4, 0.5) is 13.2 Å². The SMILES string of the molecule is Cc1cc(C(F)(F)F)ccc1C(C(=O)O)C(C)C. The van der Waals surface area contributed by atoms with Crippen LogP contribution in [-0.2, 0) is 11.0 Å². The monoisotopic (exact) mass is 260 g/mol. The first-order valence-electron chi connectivity index (χ1n) is 5.55.